The van der Waals surface area contributed by atoms with Gasteiger partial charge in [-0.3, -0.25) is 9.78 Å². The van der Waals surface area contributed by atoms with Gasteiger partial charge in [-0.05, 0) is 41.0 Å². The molecular formula is C26H24ClN5OS. The van der Waals surface area contributed by atoms with Crippen LogP contribution in [0.2, 0.25) is 5.15 Å². The van der Waals surface area contributed by atoms with Crippen LogP contribution in [0.5, 0.6) is 0 Å². The number of nitrogens with one attached hydrogen (secondary N) is 1. The summed E-state index contributed by atoms with van der Waals surface area (Å²) in [6.07, 6.45) is 3.42. The Labute approximate surface area is 208 Å². The highest BCUT2D eigenvalue weighted by Gasteiger charge is 2.10. The normalized spacial score (nSPS) is 10.6. The Morgan fingerprint density at radius 2 is 1.68 bits per heavy atom. The Bertz CT molecular complexity index is 1220. The van der Waals surface area contributed by atoms with Crippen LogP contribution in [0, 0.1) is 0 Å². The minimum atomic E-state index is -0.111. The van der Waals surface area contributed by atoms with E-state index in [1.165, 1.54) is 17.3 Å². The number of amides is 1. The van der Waals surface area contributed by atoms with Crippen molar-refractivity contribution < 1.29 is 4.79 Å². The molecule has 0 atom stereocenters. The van der Waals surface area contributed by atoms with Gasteiger partial charge in [0.2, 0.25) is 0 Å². The summed E-state index contributed by atoms with van der Waals surface area (Å²) in [5.41, 5.74) is 3.88. The third kappa shape index (κ3) is 6.79. The summed E-state index contributed by atoms with van der Waals surface area (Å²) in [5.74, 6) is 1.33. The van der Waals surface area contributed by atoms with Crippen molar-refractivity contribution >= 4 is 35.1 Å². The smallest absolute Gasteiger partial charge is 0.251 e. The van der Waals surface area contributed by atoms with E-state index in [0.717, 1.165) is 23.5 Å². The maximum Gasteiger partial charge on any atom is 0.251 e. The lowest BCUT2D eigenvalue weighted by Gasteiger charge is -2.19. The van der Waals surface area contributed by atoms with E-state index in [-0.39, 0.29) is 5.91 Å². The number of hydrogen-bond acceptors (Lipinski definition) is 6. The van der Waals surface area contributed by atoms with E-state index in [2.05, 4.69) is 32.4 Å². The molecule has 1 amide bonds. The van der Waals surface area contributed by atoms with Crippen LogP contribution >= 0.6 is 23.4 Å². The Morgan fingerprint density at radius 3 is 2.41 bits per heavy atom. The average Bonchev–Trinajstić information content (AvgIpc) is 2.87. The Hall–Kier alpha value is -3.42. The van der Waals surface area contributed by atoms with Gasteiger partial charge in [-0.15, -0.1) is 0 Å². The van der Waals surface area contributed by atoms with Crippen LogP contribution in [0.3, 0.4) is 0 Å². The highest BCUT2D eigenvalue weighted by Crippen LogP contribution is 2.25. The molecule has 0 spiro atoms. The van der Waals surface area contributed by atoms with E-state index < -0.39 is 0 Å². The number of halogens is 1. The summed E-state index contributed by atoms with van der Waals surface area (Å²) < 4.78 is 0. The van der Waals surface area contributed by atoms with Crippen molar-refractivity contribution in [2.75, 3.05) is 11.9 Å². The molecule has 0 aliphatic rings. The van der Waals surface area contributed by atoms with Crippen molar-refractivity contribution in [2.24, 2.45) is 0 Å². The van der Waals surface area contributed by atoms with Crippen molar-refractivity contribution in [3.8, 4) is 0 Å². The number of hydrogen-bond donors (Lipinski definition) is 1. The molecule has 2 aromatic carbocycles. The van der Waals surface area contributed by atoms with Gasteiger partial charge in [-0.1, -0.05) is 65.8 Å². The minimum absolute atomic E-state index is 0.111. The number of pyridine rings is 1. The third-order valence-corrected chi connectivity index (χ3v) is 6.21. The molecule has 172 valence electrons. The SMILES string of the molecule is CN(Cc1ccccc1)c1cc(Cl)nc(SCc2ccc(C(=O)NCc3ccncc3)cc2)n1. The van der Waals surface area contributed by atoms with E-state index in [1.54, 1.807) is 18.5 Å². The number of carbonyl (C=O) groups excluding carboxylic acids is 1. The monoisotopic (exact) mass is 489 g/mol. The molecule has 2 heterocycles. The third-order valence-electron chi connectivity index (χ3n) is 5.10. The molecule has 6 nitrogen and oxygen atoms in total. The molecule has 0 saturated heterocycles. The largest absolute Gasteiger partial charge is 0.355 e. The first-order valence-corrected chi connectivity index (χ1v) is 12.1. The van der Waals surface area contributed by atoms with E-state index in [9.17, 15) is 4.79 Å². The zero-order valence-electron chi connectivity index (χ0n) is 18.7. The molecule has 0 bridgehead atoms. The van der Waals surface area contributed by atoms with Gasteiger partial charge in [0.1, 0.15) is 11.0 Å². The fourth-order valence-electron chi connectivity index (χ4n) is 3.27. The maximum absolute atomic E-state index is 12.4. The molecule has 8 heteroatoms. The van der Waals surface area contributed by atoms with Crippen LogP contribution in [0.25, 0.3) is 0 Å². The minimum Gasteiger partial charge on any atom is -0.355 e. The van der Waals surface area contributed by atoms with Crippen molar-refractivity contribution in [3.63, 3.8) is 0 Å². The summed E-state index contributed by atoms with van der Waals surface area (Å²) in [7, 11) is 1.98. The zero-order valence-corrected chi connectivity index (χ0v) is 20.3. The van der Waals surface area contributed by atoms with Crippen LogP contribution in [0.4, 0.5) is 5.82 Å². The molecule has 34 heavy (non-hydrogen) atoms. The maximum atomic E-state index is 12.4. The van der Waals surface area contributed by atoms with Crippen LogP contribution in [0.15, 0.2) is 90.3 Å². The number of thioether (sulfide) groups is 1. The Balaban J connectivity index is 1.33. The number of carbonyl (C=O) groups is 1. The predicted octanol–water partition coefficient (Wildman–Crippen LogP) is 5.38. The number of nitrogens with zero attached hydrogens (tertiary/aromatic N) is 4. The molecule has 0 aliphatic carbocycles. The van der Waals surface area contributed by atoms with Crippen molar-refractivity contribution in [1.29, 1.82) is 0 Å². The van der Waals surface area contributed by atoms with Gasteiger partial charge in [0, 0.05) is 49.9 Å². The zero-order chi connectivity index (χ0) is 23.8. The van der Waals surface area contributed by atoms with Gasteiger partial charge in [0.15, 0.2) is 5.16 Å². The summed E-state index contributed by atoms with van der Waals surface area (Å²) in [6.45, 7) is 1.19. The van der Waals surface area contributed by atoms with E-state index in [1.807, 2.05) is 66.5 Å². The van der Waals surface area contributed by atoms with Gasteiger partial charge >= 0.3 is 0 Å². The highest BCUT2D eigenvalue weighted by molar-refractivity contribution is 7.98. The second kappa shape index (κ2) is 11.6. The van der Waals surface area contributed by atoms with Crippen molar-refractivity contribution in [2.45, 2.75) is 24.0 Å². The molecule has 2 aromatic heterocycles. The second-order valence-corrected chi connectivity index (χ2v) is 9.03. The standard InChI is InChI=1S/C26H24ClN5OS/c1-32(17-20-5-3-2-4-6-20)24-15-23(27)30-26(31-24)34-18-21-7-9-22(10-8-21)25(33)29-16-19-11-13-28-14-12-19/h2-15H,16-18H2,1H3,(H,29,33). The predicted molar refractivity (Wildman–Crippen MR) is 137 cm³/mol. The van der Waals surface area contributed by atoms with Gasteiger partial charge in [-0.25, -0.2) is 9.97 Å². The lowest BCUT2D eigenvalue weighted by molar-refractivity contribution is 0.0951. The molecule has 0 saturated carbocycles. The van der Waals surface area contributed by atoms with Gasteiger partial charge in [0.05, 0.1) is 0 Å². The number of benzene rings is 2. The second-order valence-electron chi connectivity index (χ2n) is 7.70. The quantitative estimate of drug-likeness (QED) is 0.193. The summed E-state index contributed by atoms with van der Waals surface area (Å²) in [5, 5.41) is 3.94. The van der Waals surface area contributed by atoms with Gasteiger partial charge < -0.3 is 10.2 Å². The molecule has 1 N–H and O–H groups in total. The summed E-state index contributed by atoms with van der Waals surface area (Å²) >= 11 is 7.78. The molecule has 4 aromatic rings. The van der Waals surface area contributed by atoms with Crippen molar-refractivity contribution in [1.82, 2.24) is 20.3 Å². The highest BCUT2D eigenvalue weighted by atomic mass is 35.5. The molecular weight excluding hydrogens is 466 g/mol. The van der Waals surface area contributed by atoms with Crippen molar-refractivity contribution in [3.05, 3.63) is 113 Å². The first-order valence-electron chi connectivity index (χ1n) is 10.8. The average molecular weight is 490 g/mol. The number of aromatic nitrogens is 3. The molecule has 0 fully saturated rings. The first-order chi connectivity index (χ1) is 16.6. The molecule has 4 rings (SSSR count). The van der Waals surface area contributed by atoms with Crippen LogP contribution in [0.1, 0.15) is 27.0 Å². The van der Waals surface area contributed by atoms with Crippen LogP contribution in [-0.2, 0) is 18.8 Å². The fourth-order valence-corrected chi connectivity index (χ4v) is 4.31. The molecule has 0 unspecified atom stereocenters. The van der Waals surface area contributed by atoms with E-state index >= 15 is 0 Å². The number of anilines is 1. The lowest BCUT2D eigenvalue weighted by atomic mass is 10.1. The molecule has 0 radical (unpaired) electrons. The van der Waals surface area contributed by atoms with Gasteiger partial charge in [0.25, 0.3) is 5.91 Å². The Morgan fingerprint density at radius 1 is 0.941 bits per heavy atom. The first kappa shape index (κ1) is 23.7. The fraction of sp³-hybridized carbons (Fsp3) is 0.154. The summed E-state index contributed by atoms with van der Waals surface area (Å²) in [6, 6.07) is 23.3. The summed E-state index contributed by atoms with van der Waals surface area (Å²) in [4.78, 5) is 27.5. The van der Waals surface area contributed by atoms with Crippen LogP contribution < -0.4 is 10.2 Å². The van der Waals surface area contributed by atoms with Gasteiger partial charge in [-0.2, -0.15) is 0 Å². The van der Waals surface area contributed by atoms with E-state index in [4.69, 9.17) is 11.6 Å². The Kier molecular flexibility index (Phi) is 8.12. The van der Waals surface area contributed by atoms with E-state index in [0.29, 0.717) is 28.2 Å². The lowest BCUT2D eigenvalue weighted by Crippen LogP contribution is -2.22. The van der Waals surface area contributed by atoms with Crippen LogP contribution in [-0.4, -0.2) is 27.9 Å². The molecule has 0 aliphatic heterocycles. The number of rotatable bonds is 9. The topological polar surface area (TPSA) is 71.0 Å².